The lowest BCUT2D eigenvalue weighted by molar-refractivity contribution is -0.140. The highest BCUT2D eigenvalue weighted by atomic mass is 19.4. The maximum absolute atomic E-state index is 12.8. The molecule has 0 radical (unpaired) electrons. The molecule has 1 aromatic carbocycles. The largest absolute Gasteiger partial charge is 0.491 e. The molecule has 0 saturated heterocycles. The molecule has 3 N–H and O–H groups in total. The number of carbonyl (C=O) groups is 1. The van der Waals surface area contributed by atoms with E-state index in [9.17, 15) is 33.3 Å². The van der Waals surface area contributed by atoms with Crippen LogP contribution in [0.1, 0.15) is 37.7 Å². The number of halogens is 3. The molecule has 6 nitrogen and oxygen atoms in total. The highest BCUT2D eigenvalue weighted by Gasteiger charge is 2.39. The van der Waals surface area contributed by atoms with Gasteiger partial charge >= 0.3 is 12.1 Å². The molecule has 0 bridgehead atoms. The Kier molecular flexibility index (Phi) is 10.4. The van der Waals surface area contributed by atoms with Crippen molar-refractivity contribution in [2.45, 2.75) is 56.6 Å². The summed E-state index contributed by atoms with van der Waals surface area (Å²) in [6.07, 6.45) is 2.21. The molecule has 1 aliphatic carbocycles. The third kappa shape index (κ3) is 8.83. The third-order valence-electron chi connectivity index (χ3n) is 5.61. The Balaban J connectivity index is 1.86. The Morgan fingerprint density at radius 3 is 2.70 bits per heavy atom. The molecule has 1 aliphatic rings. The first-order valence-corrected chi connectivity index (χ1v) is 10.9. The summed E-state index contributed by atoms with van der Waals surface area (Å²) in [4.78, 5) is 11.1. The molecule has 0 aromatic heterocycles. The van der Waals surface area contributed by atoms with Crippen molar-refractivity contribution < 1.29 is 42.8 Å². The molecule has 0 heterocycles. The number of hydrogen-bond acceptors (Lipinski definition) is 6. The summed E-state index contributed by atoms with van der Waals surface area (Å²) in [6, 6.07) is 4.39. The van der Waals surface area contributed by atoms with Gasteiger partial charge in [0.25, 0.3) is 0 Å². The number of alkyl halides is 3. The highest BCUT2D eigenvalue weighted by Crippen LogP contribution is 2.36. The maximum Gasteiger partial charge on any atom is 0.416 e. The van der Waals surface area contributed by atoms with Crippen molar-refractivity contribution in [2.75, 3.05) is 13.7 Å². The molecule has 9 heteroatoms. The van der Waals surface area contributed by atoms with E-state index in [1.54, 1.807) is 6.08 Å². The number of benzene rings is 1. The number of rotatable bonds is 11. The smallest absolute Gasteiger partial charge is 0.416 e. The van der Waals surface area contributed by atoms with Gasteiger partial charge in [0.2, 0.25) is 0 Å². The first-order chi connectivity index (χ1) is 15.6. The minimum Gasteiger partial charge on any atom is -0.491 e. The van der Waals surface area contributed by atoms with Crippen LogP contribution in [-0.4, -0.2) is 53.3 Å². The van der Waals surface area contributed by atoms with Crippen LogP contribution < -0.4 is 4.74 Å². The van der Waals surface area contributed by atoms with Gasteiger partial charge in [-0.1, -0.05) is 30.4 Å². The van der Waals surface area contributed by atoms with Crippen LogP contribution in [0.5, 0.6) is 5.75 Å². The van der Waals surface area contributed by atoms with Gasteiger partial charge in [0.05, 0.1) is 24.9 Å². The lowest BCUT2D eigenvalue weighted by Gasteiger charge is -2.19. The van der Waals surface area contributed by atoms with Crippen LogP contribution >= 0.6 is 0 Å². The second kappa shape index (κ2) is 12.8. The molecule has 2 rings (SSSR count). The summed E-state index contributed by atoms with van der Waals surface area (Å²) < 4.78 is 48.2. The zero-order valence-corrected chi connectivity index (χ0v) is 18.4. The van der Waals surface area contributed by atoms with Crippen LogP contribution in [0, 0.1) is 11.8 Å². The van der Waals surface area contributed by atoms with Crippen LogP contribution in [0.25, 0.3) is 0 Å². The zero-order valence-electron chi connectivity index (χ0n) is 18.4. The number of methoxy groups -OCH3 is 1. The fraction of sp³-hybridized carbons (Fsp3) is 0.542. The van der Waals surface area contributed by atoms with Gasteiger partial charge in [0.1, 0.15) is 18.5 Å². The van der Waals surface area contributed by atoms with Crippen LogP contribution in [0.15, 0.2) is 48.6 Å². The number of aliphatic hydroxyl groups excluding tert-OH is 3. The Hall–Kier alpha value is -2.36. The van der Waals surface area contributed by atoms with E-state index >= 15 is 0 Å². The summed E-state index contributed by atoms with van der Waals surface area (Å²) in [5.74, 6) is -0.907. The predicted octanol–water partition coefficient (Wildman–Crippen LogP) is 3.65. The number of esters is 1. The van der Waals surface area contributed by atoms with Gasteiger partial charge in [-0.15, -0.1) is 0 Å². The normalized spacial score (nSPS) is 24.5. The molecule has 5 atom stereocenters. The molecule has 1 aromatic rings. The van der Waals surface area contributed by atoms with Gasteiger partial charge in [-0.3, -0.25) is 4.79 Å². The standard InChI is InChI=1S/C24H31F3O6/c1-32-23(31)10-5-3-2-4-9-19-20(22(30)14-21(19)29)12-11-17(28)15-33-18-8-6-7-16(13-18)24(25,26)27/h2,4,6-8,11-13,17,19-22,28-30H,3,5,9-10,14-15H2,1H3/t17-,19?,20+,21-,22-/m1/s1. The summed E-state index contributed by atoms with van der Waals surface area (Å²) in [6.45, 7) is -0.256. The average Bonchev–Trinajstić information content (AvgIpc) is 3.04. The Bertz CT molecular complexity index is 808. The number of aliphatic hydroxyl groups is 3. The lowest BCUT2D eigenvalue weighted by atomic mass is 9.89. The van der Waals surface area contributed by atoms with E-state index in [4.69, 9.17) is 4.74 Å². The van der Waals surface area contributed by atoms with E-state index in [1.807, 2.05) is 12.2 Å². The molecule has 1 fully saturated rings. The van der Waals surface area contributed by atoms with Crippen molar-refractivity contribution in [2.24, 2.45) is 11.8 Å². The molecule has 0 spiro atoms. The van der Waals surface area contributed by atoms with E-state index in [0.717, 1.165) is 12.1 Å². The molecule has 1 unspecified atom stereocenters. The Morgan fingerprint density at radius 1 is 1.24 bits per heavy atom. The van der Waals surface area contributed by atoms with Gasteiger partial charge in [0.15, 0.2) is 0 Å². The van der Waals surface area contributed by atoms with Crippen molar-refractivity contribution in [1.82, 2.24) is 0 Å². The number of carbonyl (C=O) groups excluding carboxylic acids is 1. The maximum atomic E-state index is 12.8. The van der Waals surface area contributed by atoms with Crippen molar-refractivity contribution >= 4 is 5.97 Å². The van der Waals surface area contributed by atoms with Crippen molar-refractivity contribution in [3.63, 3.8) is 0 Å². The van der Waals surface area contributed by atoms with Gasteiger partial charge in [0, 0.05) is 18.8 Å². The Morgan fingerprint density at radius 2 is 2.00 bits per heavy atom. The zero-order chi connectivity index (χ0) is 24.4. The molecule has 0 amide bonds. The molecule has 1 saturated carbocycles. The van der Waals surface area contributed by atoms with Crippen LogP contribution in [-0.2, 0) is 15.7 Å². The molecule has 0 aliphatic heterocycles. The monoisotopic (exact) mass is 472 g/mol. The number of hydrogen-bond donors (Lipinski definition) is 3. The fourth-order valence-electron chi connectivity index (χ4n) is 3.80. The first kappa shape index (κ1) is 26.9. The highest BCUT2D eigenvalue weighted by molar-refractivity contribution is 5.69. The van der Waals surface area contributed by atoms with E-state index in [-0.39, 0.29) is 36.6 Å². The third-order valence-corrected chi connectivity index (χ3v) is 5.61. The van der Waals surface area contributed by atoms with Crippen molar-refractivity contribution in [3.05, 3.63) is 54.1 Å². The van der Waals surface area contributed by atoms with Crippen LogP contribution in [0.4, 0.5) is 13.2 Å². The second-order valence-corrected chi connectivity index (χ2v) is 8.08. The van der Waals surface area contributed by atoms with Gasteiger partial charge in [-0.25, -0.2) is 0 Å². The topological polar surface area (TPSA) is 96.2 Å². The number of allylic oxidation sites excluding steroid dienone is 2. The minimum absolute atomic E-state index is 0.0104. The summed E-state index contributed by atoms with van der Waals surface area (Å²) in [5.41, 5.74) is -0.839. The van der Waals surface area contributed by atoms with Gasteiger partial charge in [-0.2, -0.15) is 13.2 Å². The Labute approximate surface area is 191 Å². The minimum atomic E-state index is -4.48. The lowest BCUT2D eigenvalue weighted by Crippen LogP contribution is -2.21. The van der Waals surface area contributed by atoms with Gasteiger partial charge in [-0.05, 0) is 43.4 Å². The quantitative estimate of drug-likeness (QED) is 0.259. The van der Waals surface area contributed by atoms with E-state index in [0.29, 0.717) is 25.7 Å². The van der Waals surface area contributed by atoms with Crippen LogP contribution in [0.3, 0.4) is 0 Å². The van der Waals surface area contributed by atoms with Gasteiger partial charge < -0.3 is 24.8 Å². The van der Waals surface area contributed by atoms with E-state index in [2.05, 4.69) is 4.74 Å². The van der Waals surface area contributed by atoms with E-state index in [1.165, 1.54) is 25.3 Å². The molecule has 184 valence electrons. The summed E-state index contributed by atoms with van der Waals surface area (Å²) in [7, 11) is 1.34. The number of ether oxygens (including phenoxy) is 2. The van der Waals surface area contributed by atoms with E-state index < -0.39 is 30.1 Å². The second-order valence-electron chi connectivity index (χ2n) is 8.08. The summed E-state index contributed by atoms with van der Waals surface area (Å²) >= 11 is 0. The summed E-state index contributed by atoms with van der Waals surface area (Å²) in [5, 5.41) is 30.7. The molecule has 33 heavy (non-hydrogen) atoms. The molecular formula is C24H31F3O6. The average molecular weight is 473 g/mol. The number of unbranched alkanes of at least 4 members (excludes halogenated alkanes) is 1. The van der Waals surface area contributed by atoms with Crippen molar-refractivity contribution in [3.8, 4) is 5.75 Å². The fourth-order valence-corrected chi connectivity index (χ4v) is 3.80. The predicted molar refractivity (Wildman–Crippen MR) is 115 cm³/mol. The van der Waals surface area contributed by atoms with Crippen LogP contribution in [0.2, 0.25) is 0 Å². The first-order valence-electron chi connectivity index (χ1n) is 10.9. The SMILES string of the molecule is COC(=O)CCCC=CCC1[C@H](O)C[C@@H](O)[C@H]1C=C[C@@H](O)COc1cccc(C(F)(F)F)c1. The van der Waals surface area contributed by atoms with Crippen molar-refractivity contribution in [1.29, 1.82) is 0 Å². The molecular weight excluding hydrogens is 441 g/mol.